The highest BCUT2D eigenvalue weighted by molar-refractivity contribution is 7.81. The summed E-state index contributed by atoms with van der Waals surface area (Å²) in [6.45, 7) is 0.0669. The Hall–Kier alpha value is -1.54. The summed E-state index contributed by atoms with van der Waals surface area (Å²) in [5.74, 6) is -0.298. The first kappa shape index (κ1) is 15.5. The fourth-order valence-corrected chi connectivity index (χ4v) is 1.36. The molecule has 0 bridgehead atoms. The summed E-state index contributed by atoms with van der Waals surface area (Å²) in [6.07, 6.45) is 0. The molecule has 0 fully saturated rings. The highest BCUT2D eigenvalue weighted by Gasteiger charge is 2.10. The molecule has 7 nitrogen and oxygen atoms in total. The SMILES string of the molecule is Cl.[N-]=[N+]=Nc1cc(CN)cc(OS(=O)(=O)F)c1. The summed E-state index contributed by atoms with van der Waals surface area (Å²) in [5, 5.41) is 3.23. The van der Waals surface area contributed by atoms with E-state index in [1.165, 1.54) is 12.1 Å². The van der Waals surface area contributed by atoms with Crippen LogP contribution in [0.5, 0.6) is 5.75 Å². The van der Waals surface area contributed by atoms with Crippen molar-refractivity contribution >= 4 is 28.6 Å². The monoisotopic (exact) mass is 282 g/mol. The first-order valence-corrected chi connectivity index (χ1v) is 5.28. The second-order valence-corrected chi connectivity index (χ2v) is 3.66. The van der Waals surface area contributed by atoms with Gasteiger partial charge in [-0.2, -0.15) is 8.42 Å². The molecule has 0 unspecified atom stereocenters. The molecule has 0 radical (unpaired) electrons. The standard InChI is InChI=1S/C7H7FN4O3S.ClH/c8-16(13,14)15-7-2-5(4-9)1-6(3-7)11-12-10;/h1-3H,4,9H2;1H. The van der Waals surface area contributed by atoms with Crippen LogP contribution in [-0.4, -0.2) is 8.42 Å². The van der Waals surface area contributed by atoms with E-state index in [0.717, 1.165) is 6.07 Å². The van der Waals surface area contributed by atoms with Crippen molar-refractivity contribution in [3.63, 3.8) is 0 Å². The summed E-state index contributed by atoms with van der Waals surface area (Å²) in [4.78, 5) is 2.50. The van der Waals surface area contributed by atoms with Crippen molar-refractivity contribution in [2.24, 2.45) is 10.8 Å². The van der Waals surface area contributed by atoms with E-state index in [1.807, 2.05) is 0 Å². The van der Waals surface area contributed by atoms with E-state index in [2.05, 4.69) is 14.2 Å². The molecule has 0 aliphatic rings. The molecule has 2 N–H and O–H groups in total. The van der Waals surface area contributed by atoms with Crippen LogP contribution >= 0.6 is 12.4 Å². The molecule has 0 amide bonds. The van der Waals surface area contributed by atoms with Gasteiger partial charge in [-0.15, -0.1) is 12.4 Å². The summed E-state index contributed by atoms with van der Waals surface area (Å²) in [7, 11) is -5.11. The smallest absolute Gasteiger partial charge is 0.358 e. The average molecular weight is 283 g/mol. The van der Waals surface area contributed by atoms with Crippen LogP contribution in [0.2, 0.25) is 0 Å². The van der Waals surface area contributed by atoms with E-state index in [4.69, 9.17) is 11.3 Å². The molecular weight excluding hydrogens is 275 g/mol. The first-order chi connectivity index (χ1) is 7.44. The van der Waals surface area contributed by atoms with E-state index in [1.54, 1.807) is 0 Å². The molecule has 17 heavy (non-hydrogen) atoms. The fourth-order valence-electron chi connectivity index (χ4n) is 1.03. The Kier molecular flexibility index (Phi) is 5.69. The first-order valence-electron chi connectivity index (χ1n) is 3.98. The van der Waals surface area contributed by atoms with Gasteiger partial charge in [-0.25, -0.2) is 0 Å². The lowest BCUT2D eigenvalue weighted by molar-refractivity contribution is 0.440. The fraction of sp³-hybridized carbons (Fsp3) is 0.143. The van der Waals surface area contributed by atoms with Gasteiger partial charge in [0, 0.05) is 17.1 Å². The Morgan fingerprint density at radius 1 is 1.47 bits per heavy atom. The van der Waals surface area contributed by atoms with E-state index < -0.39 is 10.5 Å². The van der Waals surface area contributed by atoms with Crippen LogP contribution in [0.4, 0.5) is 9.57 Å². The highest BCUT2D eigenvalue weighted by atomic mass is 35.5. The lowest BCUT2D eigenvalue weighted by Gasteiger charge is -2.04. The molecular formula is C7H8ClFN4O3S. The van der Waals surface area contributed by atoms with Crippen LogP contribution in [0, 0.1) is 0 Å². The van der Waals surface area contributed by atoms with E-state index in [-0.39, 0.29) is 30.4 Å². The van der Waals surface area contributed by atoms with Crippen molar-refractivity contribution in [1.29, 1.82) is 0 Å². The molecule has 10 heteroatoms. The van der Waals surface area contributed by atoms with Crippen LogP contribution < -0.4 is 9.92 Å². The van der Waals surface area contributed by atoms with Crippen molar-refractivity contribution < 1.29 is 16.5 Å². The predicted molar refractivity (Wildman–Crippen MR) is 61.0 cm³/mol. The average Bonchev–Trinajstić information content (AvgIpc) is 2.15. The van der Waals surface area contributed by atoms with E-state index >= 15 is 0 Å². The van der Waals surface area contributed by atoms with Crippen LogP contribution in [0.1, 0.15) is 5.56 Å². The van der Waals surface area contributed by atoms with Gasteiger partial charge in [0.1, 0.15) is 5.75 Å². The number of halogens is 2. The zero-order valence-electron chi connectivity index (χ0n) is 8.28. The predicted octanol–water partition coefficient (Wildman–Crippen LogP) is 2.10. The van der Waals surface area contributed by atoms with Crippen LogP contribution in [0.3, 0.4) is 0 Å². The number of rotatable bonds is 4. The maximum absolute atomic E-state index is 12.2. The zero-order valence-corrected chi connectivity index (χ0v) is 9.91. The topological polar surface area (TPSA) is 118 Å². The van der Waals surface area contributed by atoms with Gasteiger partial charge in [-0.1, -0.05) is 9.00 Å². The Morgan fingerprint density at radius 2 is 2.12 bits per heavy atom. The van der Waals surface area contributed by atoms with Gasteiger partial charge in [0.2, 0.25) is 0 Å². The van der Waals surface area contributed by atoms with E-state index in [9.17, 15) is 12.3 Å². The minimum atomic E-state index is -5.11. The molecule has 0 heterocycles. The van der Waals surface area contributed by atoms with Gasteiger partial charge >= 0.3 is 10.5 Å². The molecule has 1 rings (SSSR count). The zero-order chi connectivity index (χ0) is 12.2. The highest BCUT2D eigenvalue weighted by Crippen LogP contribution is 2.24. The molecule has 0 atom stereocenters. The minimum absolute atomic E-state index is 0. The van der Waals surface area contributed by atoms with Crippen molar-refractivity contribution in [2.45, 2.75) is 6.54 Å². The molecule has 1 aromatic carbocycles. The summed E-state index contributed by atoms with van der Waals surface area (Å²) in [6, 6.07) is 3.74. The normalized spacial score (nSPS) is 10.0. The largest absolute Gasteiger partial charge is 0.488 e. The summed E-state index contributed by atoms with van der Waals surface area (Å²) >= 11 is 0. The molecule has 0 spiro atoms. The second-order valence-electron chi connectivity index (χ2n) is 2.71. The maximum Gasteiger partial charge on any atom is 0.488 e. The molecule has 0 aliphatic heterocycles. The molecule has 1 aromatic rings. The second kappa shape index (κ2) is 6.26. The number of nitrogens with zero attached hydrogens (tertiary/aromatic N) is 3. The Labute approximate surface area is 103 Å². The maximum atomic E-state index is 12.2. The van der Waals surface area contributed by atoms with Gasteiger partial charge in [0.15, 0.2) is 0 Å². The van der Waals surface area contributed by atoms with E-state index in [0.29, 0.717) is 5.56 Å². The number of nitrogens with two attached hydrogens (primary N) is 1. The van der Waals surface area contributed by atoms with Crippen LogP contribution in [-0.2, 0) is 17.0 Å². The minimum Gasteiger partial charge on any atom is -0.358 e. The number of hydrogen-bond acceptors (Lipinski definition) is 5. The van der Waals surface area contributed by atoms with Crippen molar-refractivity contribution in [1.82, 2.24) is 0 Å². The third-order valence-corrected chi connectivity index (χ3v) is 1.93. The molecule has 0 saturated carbocycles. The number of azide groups is 1. The van der Waals surface area contributed by atoms with Gasteiger partial charge < -0.3 is 9.92 Å². The van der Waals surface area contributed by atoms with Crippen LogP contribution in [0.25, 0.3) is 10.4 Å². The number of hydrogen-bond donors (Lipinski definition) is 1. The third kappa shape index (κ3) is 5.36. The summed E-state index contributed by atoms with van der Waals surface area (Å²) in [5.41, 5.74) is 14.0. The lowest BCUT2D eigenvalue weighted by atomic mass is 10.2. The Morgan fingerprint density at radius 3 is 2.59 bits per heavy atom. The van der Waals surface area contributed by atoms with Gasteiger partial charge in [0.05, 0.1) is 0 Å². The molecule has 0 aliphatic carbocycles. The van der Waals surface area contributed by atoms with Crippen molar-refractivity contribution in [3.8, 4) is 5.75 Å². The third-order valence-electron chi connectivity index (χ3n) is 1.54. The van der Waals surface area contributed by atoms with Gasteiger partial charge in [-0.3, -0.25) is 0 Å². The Balaban J connectivity index is 0.00000256. The van der Waals surface area contributed by atoms with Crippen molar-refractivity contribution in [3.05, 3.63) is 34.2 Å². The van der Waals surface area contributed by atoms with Crippen molar-refractivity contribution in [2.75, 3.05) is 0 Å². The number of benzene rings is 1. The van der Waals surface area contributed by atoms with Gasteiger partial charge in [0.25, 0.3) is 0 Å². The lowest BCUT2D eigenvalue weighted by Crippen LogP contribution is -2.02. The molecule has 0 aromatic heterocycles. The molecule has 0 saturated heterocycles. The molecule has 94 valence electrons. The van der Waals surface area contributed by atoms with Gasteiger partial charge in [-0.05, 0) is 29.3 Å². The summed E-state index contributed by atoms with van der Waals surface area (Å²) < 4.78 is 36.7. The quantitative estimate of drug-likeness (QED) is 0.393. The van der Waals surface area contributed by atoms with Crippen LogP contribution in [0.15, 0.2) is 23.3 Å². The Bertz CT molecular complexity index is 544.